The third kappa shape index (κ3) is 18.2. The summed E-state index contributed by atoms with van der Waals surface area (Å²) in [6.45, 7) is 0. The number of hydrogen-bond acceptors (Lipinski definition) is 20. The molecule has 0 radical (unpaired) electrons. The Labute approximate surface area is 548 Å². The Morgan fingerprint density at radius 3 is 0.724 bits per heavy atom. The van der Waals surface area contributed by atoms with E-state index in [1.807, 2.05) is 0 Å². The molecule has 0 spiro atoms. The predicted octanol–water partition coefficient (Wildman–Crippen LogP) is -7.78. The third-order valence-electron chi connectivity index (χ3n) is 12.4. The summed E-state index contributed by atoms with van der Waals surface area (Å²) >= 11 is 4.78. The van der Waals surface area contributed by atoms with Crippen LogP contribution in [0, 0.1) is 0 Å². The van der Waals surface area contributed by atoms with Crippen LogP contribution in [-0.2, 0) is 63.5 Å². The molecule has 0 aliphatic heterocycles. The largest absolute Gasteiger partial charge is 1.00 e. The van der Waals surface area contributed by atoms with E-state index in [0.717, 1.165) is 24.3 Å². The molecule has 4 aromatic rings. The van der Waals surface area contributed by atoms with Crippen molar-refractivity contribution >= 4 is 87.5 Å². The SMILES string of the molecule is CSCCC1c2cc(c([O-])c(CS(=O)(=O)O)c2[O-])C(CCSC)c2cc(c(O)c(CS(=O)(=O)O)c2O)C(CCSC)c2cc(c(O)c(CS(=O)(=O)O)c2O)C(CCSC)c2cc1c([O-])c(CS(=O)(=O)O)c2[O-].[Na+].[Na+].[Na+].[Na+]. The monoisotopic (exact) mass is 1250 g/mol. The van der Waals surface area contributed by atoms with Gasteiger partial charge in [-0.15, -0.1) is 23.0 Å². The van der Waals surface area contributed by atoms with Crippen molar-refractivity contribution in [3.05, 3.63) is 91.0 Å². The van der Waals surface area contributed by atoms with Gasteiger partial charge in [0.05, 0.1) is 22.6 Å². The van der Waals surface area contributed by atoms with Gasteiger partial charge >= 0.3 is 118 Å². The first-order chi connectivity index (χ1) is 33.4. The summed E-state index contributed by atoms with van der Waals surface area (Å²) < 4.78 is 142. The van der Waals surface area contributed by atoms with E-state index >= 15 is 0 Å². The topological polar surface area (TPSA) is 391 Å². The van der Waals surface area contributed by atoms with E-state index in [9.17, 15) is 92.7 Å². The van der Waals surface area contributed by atoms with Crippen molar-refractivity contribution < 1.29 is 211 Å². The molecule has 0 aromatic heterocycles. The van der Waals surface area contributed by atoms with Crippen molar-refractivity contribution in [2.24, 2.45) is 0 Å². The maximum Gasteiger partial charge on any atom is 1.00 e. The summed E-state index contributed by atoms with van der Waals surface area (Å²) in [6, 6.07) is 4.32. The van der Waals surface area contributed by atoms with Gasteiger partial charge in [-0.25, -0.2) is 0 Å². The molecule has 0 saturated heterocycles. The van der Waals surface area contributed by atoms with Gasteiger partial charge in [-0.1, -0.05) is 12.1 Å². The van der Waals surface area contributed by atoms with E-state index in [0.29, 0.717) is 0 Å². The van der Waals surface area contributed by atoms with Crippen molar-refractivity contribution in [3.63, 3.8) is 0 Å². The van der Waals surface area contributed by atoms with Crippen LogP contribution in [-0.4, -0.2) is 120 Å². The summed E-state index contributed by atoms with van der Waals surface area (Å²) in [5, 5.41) is 108. The number of hydrogen-bond donors (Lipinski definition) is 8. The number of fused-ring (bicyclic) bond motifs is 8. The Morgan fingerprint density at radius 1 is 0.355 bits per heavy atom. The second kappa shape index (κ2) is 30.7. The molecule has 0 saturated carbocycles. The predicted molar refractivity (Wildman–Crippen MR) is 271 cm³/mol. The summed E-state index contributed by atoms with van der Waals surface area (Å²) in [4.78, 5) is 0. The molecular weight excluding hydrogens is 1200 g/mol. The Morgan fingerprint density at radius 2 is 0.526 bits per heavy atom. The molecule has 0 fully saturated rings. The molecule has 2 unspecified atom stereocenters. The maximum absolute atomic E-state index is 14.8. The molecule has 20 nitrogen and oxygen atoms in total. The van der Waals surface area contributed by atoms with Crippen molar-refractivity contribution in [1.82, 2.24) is 0 Å². The maximum atomic E-state index is 14.8. The van der Waals surface area contributed by atoms with Crippen LogP contribution in [0.15, 0.2) is 24.3 Å². The van der Waals surface area contributed by atoms with Gasteiger partial charge in [-0.05, 0) is 119 Å². The molecule has 1 aliphatic carbocycles. The van der Waals surface area contributed by atoms with E-state index < -0.39 is 178 Å². The number of thioether (sulfide) groups is 4. The van der Waals surface area contributed by atoms with E-state index in [4.69, 9.17) is 0 Å². The first-order valence-electron chi connectivity index (χ1n) is 21.4. The van der Waals surface area contributed by atoms with Crippen LogP contribution >= 0.6 is 47.0 Å². The zero-order valence-electron chi connectivity index (χ0n) is 42.8. The Kier molecular flexibility index (Phi) is 30.1. The average Bonchev–Trinajstić information content (AvgIpc) is 3.26. The molecule has 8 bridgehead atoms. The van der Waals surface area contributed by atoms with Crippen LogP contribution in [0.2, 0.25) is 0 Å². The molecule has 400 valence electrons. The third-order valence-corrected chi connectivity index (χ3v) is 17.6. The first kappa shape index (κ1) is 74.3. The number of aromatic hydroxyl groups is 4. The molecule has 76 heavy (non-hydrogen) atoms. The van der Waals surface area contributed by atoms with Crippen molar-refractivity contribution in [1.29, 1.82) is 0 Å². The summed E-state index contributed by atoms with van der Waals surface area (Å²) in [7, 11) is -20.8. The molecule has 2 atom stereocenters. The minimum atomic E-state index is -5.24. The van der Waals surface area contributed by atoms with Crippen LogP contribution in [0.25, 0.3) is 0 Å². The Hall–Kier alpha value is 0.320. The molecule has 4 aromatic carbocycles. The molecule has 5 rings (SSSR count). The minimum Gasteiger partial charge on any atom is -0.872 e. The van der Waals surface area contributed by atoms with Crippen LogP contribution in [0.3, 0.4) is 0 Å². The van der Waals surface area contributed by atoms with Gasteiger partial charge in [0.1, 0.15) is 34.5 Å². The van der Waals surface area contributed by atoms with Gasteiger partial charge in [0.15, 0.2) is 0 Å². The van der Waals surface area contributed by atoms with Crippen molar-refractivity contribution in [2.45, 2.75) is 72.4 Å². The quantitative estimate of drug-likeness (QED) is 0.0301. The zero-order chi connectivity index (χ0) is 54.0. The fourth-order valence-corrected chi connectivity index (χ4v) is 13.7. The second-order valence-corrected chi connectivity index (χ2v) is 26.8. The van der Waals surface area contributed by atoms with E-state index in [1.165, 1.54) is 47.0 Å². The smallest absolute Gasteiger partial charge is 0.872 e. The van der Waals surface area contributed by atoms with Gasteiger partial charge in [-0.2, -0.15) is 80.7 Å². The molecular formula is C44H52Na4O20S8. The Balaban J connectivity index is 0.00000722. The van der Waals surface area contributed by atoms with Gasteiger partial charge in [0.25, 0.3) is 40.5 Å². The molecule has 0 heterocycles. The standard InChI is InChI=1S/C44H56O20S8.4Na/c1-65-9-5-21-25-13-27(39(47)33(37(25)45)17-69(53,54)55)22(6-10-66-2)29-15-31(43(51)35(41(29)49)19-71(59,60)61)24(8-12-68-4)32-16-30(42(50)36(44(32)52)20-72(62,63)64)23(7-11-67-3)28-14-26(21)38(46)34(40(28)48)18-70(56,57)58;;;;/h13-16,21-24,45-52H,5-12,17-20H2,1-4H3,(H,53,54,55)(H,56,57,58)(H,59,60,61)(H,62,63,64);;;;/q;4*+1/p-4. The fourth-order valence-electron chi connectivity index (χ4n) is 9.25. The van der Waals surface area contributed by atoms with Crippen LogP contribution < -0.4 is 139 Å². The van der Waals surface area contributed by atoms with Gasteiger partial charge in [0, 0.05) is 45.9 Å². The molecule has 1 aliphatic rings. The van der Waals surface area contributed by atoms with Crippen LogP contribution in [0.1, 0.15) is 116 Å². The van der Waals surface area contributed by atoms with E-state index in [2.05, 4.69) is 0 Å². The summed E-state index contributed by atoms with van der Waals surface area (Å²) in [6.07, 6.45) is 5.74. The zero-order valence-corrected chi connectivity index (χ0v) is 57.4. The number of phenols is 4. The number of rotatable bonds is 20. The van der Waals surface area contributed by atoms with Gasteiger partial charge in [0.2, 0.25) is 0 Å². The Bertz CT molecular complexity index is 2650. The fraction of sp³-hybridized carbons (Fsp3) is 0.455. The van der Waals surface area contributed by atoms with Gasteiger partial charge < -0.3 is 40.9 Å². The first-order valence-corrected chi connectivity index (χ1v) is 33.4. The molecule has 8 N–H and O–H groups in total. The van der Waals surface area contributed by atoms with Crippen LogP contribution in [0.5, 0.6) is 46.0 Å². The van der Waals surface area contributed by atoms with Gasteiger partial charge in [-0.3, -0.25) is 18.2 Å². The molecule has 32 heteroatoms. The number of benzene rings is 4. The average molecular weight is 1250 g/mol. The van der Waals surface area contributed by atoms with Crippen molar-refractivity contribution in [3.8, 4) is 46.0 Å². The second-order valence-electron chi connectivity index (χ2n) is 17.1. The number of phenolic OH excluding ortho intramolecular Hbond substituents is 4. The van der Waals surface area contributed by atoms with E-state index in [1.54, 1.807) is 25.0 Å². The normalized spacial score (nSPS) is 16.6. The summed E-state index contributed by atoms with van der Waals surface area (Å²) in [5.41, 5.74) is -7.17. The van der Waals surface area contributed by atoms with Crippen molar-refractivity contribution in [2.75, 3.05) is 48.0 Å². The molecule has 0 amide bonds. The minimum absolute atomic E-state index is 0. The van der Waals surface area contributed by atoms with E-state index in [-0.39, 0.29) is 189 Å². The van der Waals surface area contributed by atoms with Crippen LogP contribution in [0.4, 0.5) is 0 Å². The summed E-state index contributed by atoms with van der Waals surface area (Å²) in [5.74, 6) is -21.1.